The van der Waals surface area contributed by atoms with Crippen LogP contribution in [0, 0.1) is 18.8 Å². The summed E-state index contributed by atoms with van der Waals surface area (Å²) < 4.78 is 5.22. The summed E-state index contributed by atoms with van der Waals surface area (Å²) in [6.45, 7) is 4.06. The van der Waals surface area contributed by atoms with Crippen molar-refractivity contribution in [2.45, 2.75) is 24.0 Å². The summed E-state index contributed by atoms with van der Waals surface area (Å²) in [5.74, 6) is 7.21. The summed E-state index contributed by atoms with van der Waals surface area (Å²) in [7, 11) is 1.68. The molecule has 1 atom stereocenters. The fourth-order valence-corrected chi connectivity index (χ4v) is 2.56. The number of methoxy groups -OCH3 is 1. The highest BCUT2D eigenvalue weighted by atomic mass is 32.2. The van der Waals surface area contributed by atoms with Gasteiger partial charge in [0.1, 0.15) is 11.4 Å². The molecular weight excluding hydrogens is 266 g/mol. The Morgan fingerprint density at radius 2 is 2.00 bits per heavy atom. The van der Waals surface area contributed by atoms with E-state index in [0.717, 1.165) is 22.0 Å². The molecule has 0 saturated heterocycles. The summed E-state index contributed by atoms with van der Waals surface area (Å²) in [4.78, 5) is 5.53. The van der Waals surface area contributed by atoms with Gasteiger partial charge < -0.3 is 4.74 Å². The van der Waals surface area contributed by atoms with Crippen molar-refractivity contribution in [2.24, 2.45) is 0 Å². The second-order valence-electron chi connectivity index (χ2n) is 4.37. The van der Waals surface area contributed by atoms with Gasteiger partial charge in [0, 0.05) is 10.6 Å². The lowest BCUT2D eigenvalue weighted by Gasteiger charge is -2.06. The maximum atomic E-state index is 5.22. The van der Waals surface area contributed by atoms with Gasteiger partial charge >= 0.3 is 0 Å². The Morgan fingerprint density at radius 3 is 2.75 bits per heavy atom. The van der Waals surface area contributed by atoms with E-state index in [2.05, 4.69) is 29.8 Å². The van der Waals surface area contributed by atoms with Gasteiger partial charge in [-0.3, -0.25) is 0 Å². The summed E-state index contributed by atoms with van der Waals surface area (Å²) in [5.41, 5.74) is 1.81. The van der Waals surface area contributed by atoms with Crippen LogP contribution in [-0.4, -0.2) is 17.3 Å². The van der Waals surface area contributed by atoms with E-state index in [1.165, 1.54) is 0 Å². The molecular formula is C17H17NOS. The van der Waals surface area contributed by atoms with E-state index < -0.39 is 0 Å². The molecule has 20 heavy (non-hydrogen) atoms. The van der Waals surface area contributed by atoms with Crippen LogP contribution in [0.4, 0.5) is 0 Å². The van der Waals surface area contributed by atoms with Crippen molar-refractivity contribution < 1.29 is 4.74 Å². The molecule has 102 valence electrons. The summed E-state index contributed by atoms with van der Waals surface area (Å²) in [5, 5.41) is 0.199. The van der Waals surface area contributed by atoms with Crippen molar-refractivity contribution in [1.82, 2.24) is 4.98 Å². The van der Waals surface area contributed by atoms with Crippen molar-refractivity contribution in [3.8, 4) is 17.6 Å². The van der Waals surface area contributed by atoms with Gasteiger partial charge in [-0.15, -0.1) is 11.8 Å². The number of thioether (sulfide) groups is 1. The standard InChI is InChI=1S/C17H17NOS/c1-13-6-4-7-15(18-13)11-10-14(2)20-17-9-5-8-16(12-17)19-3/h4-9,12,14H,1-3H3. The van der Waals surface area contributed by atoms with Gasteiger partial charge in [0.25, 0.3) is 0 Å². The largest absolute Gasteiger partial charge is 0.497 e. The number of rotatable bonds is 3. The number of ether oxygens (including phenoxy) is 1. The minimum absolute atomic E-state index is 0.199. The normalized spacial score (nSPS) is 11.3. The molecule has 0 fully saturated rings. The average Bonchev–Trinajstić information content (AvgIpc) is 2.45. The minimum atomic E-state index is 0.199. The summed E-state index contributed by atoms with van der Waals surface area (Å²) in [6, 6.07) is 13.9. The Balaban J connectivity index is 2.04. The lowest BCUT2D eigenvalue weighted by Crippen LogP contribution is -1.92. The first-order valence-electron chi connectivity index (χ1n) is 6.43. The Kier molecular flexibility index (Phi) is 5.09. The van der Waals surface area contributed by atoms with Crippen LogP contribution in [0.15, 0.2) is 47.4 Å². The number of hydrogen-bond donors (Lipinski definition) is 0. The van der Waals surface area contributed by atoms with Gasteiger partial charge in [-0.1, -0.05) is 18.1 Å². The lowest BCUT2D eigenvalue weighted by molar-refractivity contribution is 0.413. The monoisotopic (exact) mass is 283 g/mol. The van der Waals surface area contributed by atoms with Crippen LogP contribution in [-0.2, 0) is 0 Å². The van der Waals surface area contributed by atoms with E-state index in [1.54, 1.807) is 18.9 Å². The molecule has 0 saturated carbocycles. The van der Waals surface area contributed by atoms with Gasteiger partial charge in [-0.2, -0.15) is 0 Å². The van der Waals surface area contributed by atoms with E-state index in [0.29, 0.717) is 0 Å². The van der Waals surface area contributed by atoms with Crippen LogP contribution in [0.2, 0.25) is 0 Å². The molecule has 1 aromatic carbocycles. The third-order valence-corrected chi connectivity index (χ3v) is 3.64. The number of hydrogen-bond acceptors (Lipinski definition) is 3. The van der Waals surface area contributed by atoms with Crippen LogP contribution in [0.1, 0.15) is 18.3 Å². The lowest BCUT2D eigenvalue weighted by atomic mass is 10.3. The Hall–Kier alpha value is -1.92. The first kappa shape index (κ1) is 14.5. The third-order valence-electron chi connectivity index (χ3n) is 2.65. The molecule has 0 radical (unpaired) electrons. The number of aromatic nitrogens is 1. The van der Waals surface area contributed by atoms with Crippen molar-refractivity contribution in [2.75, 3.05) is 7.11 Å². The molecule has 2 rings (SSSR count). The van der Waals surface area contributed by atoms with E-state index in [-0.39, 0.29) is 5.25 Å². The van der Waals surface area contributed by atoms with Crippen LogP contribution in [0.25, 0.3) is 0 Å². The Bertz CT molecular complexity index is 643. The number of aryl methyl sites for hydroxylation is 1. The summed E-state index contributed by atoms with van der Waals surface area (Å²) in [6.07, 6.45) is 0. The van der Waals surface area contributed by atoms with Crippen molar-refractivity contribution in [1.29, 1.82) is 0 Å². The topological polar surface area (TPSA) is 22.1 Å². The van der Waals surface area contributed by atoms with Crippen LogP contribution in [0.5, 0.6) is 5.75 Å². The zero-order valence-corrected chi connectivity index (χ0v) is 12.7. The molecule has 0 amide bonds. The molecule has 0 spiro atoms. The molecule has 0 aliphatic heterocycles. The highest BCUT2D eigenvalue weighted by Crippen LogP contribution is 2.26. The predicted molar refractivity (Wildman–Crippen MR) is 84.2 cm³/mol. The maximum absolute atomic E-state index is 5.22. The van der Waals surface area contributed by atoms with E-state index in [9.17, 15) is 0 Å². The fourth-order valence-electron chi connectivity index (χ4n) is 1.70. The highest BCUT2D eigenvalue weighted by Gasteiger charge is 2.02. The van der Waals surface area contributed by atoms with Crippen molar-refractivity contribution >= 4 is 11.8 Å². The fraction of sp³-hybridized carbons (Fsp3) is 0.235. The Morgan fingerprint density at radius 1 is 1.20 bits per heavy atom. The molecule has 2 nitrogen and oxygen atoms in total. The zero-order valence-electron chi connectivity index (χ0n) is 11.9. The average molecular weight is 283 g/mol. The molecule has 0 aliphatic rings. The molecule has 0 aliphatic carbocycles. The number of pyridine rings is 1. The molecule has 1 unspecified atom stereocenters. The minimum Gasteiger partial charge on any atom is -0.497 e. The first-order valence-corrected chi connectivity index (χ1v) is 7.31. The molecule has 3 heteroatoms. The van der Waals surface area contributed by atoms with Gasteiger partial charge in [0.2, 0.25) is 0 Å². The van der Waals surface area contributed by atoms with E-state index in [4.69, 9.17) is 4.74 Å². The highest BCUT2D eigenvalue weighted by molar-refractivity contribution is 8.00. The molecule has 0 bridgehead atoms. The van der Waals surface area contributed by atoms with Crippen molar-refractivity contribution in [3.63, 3.8) is 0 Å². The molecule has 1 heterocycles. The quantitative estimate of drug-likeness (QED) is 0.629. The van der Waals surface area contributed by atoms with Gasteiger partial charge in [-0.25, -0.2) is 4.98 Å². The van der Waals surface area contributed by atoms with E-state index in [1.807, 2.05) is 43.3 Å². The van der Waals surface area contributed by atoms with Crippen LogP contribution >= 0.6 is 11.8 Å². The Labute approximate surface area is 124 Å². The van der Waals surface area contributed by atoms with Gasteiger partial charge in [0.05, 0.1) is 12.4 Å². The maximum Gasteiger partial charge on any atom is 0.119 e. The predicted octanol–water partition coefficient (Wildman–Crippen LogP) is 3.93. The van der Waals surface area contributed by atoms with Gasteiger partial charge in [-0.05, 0) is 50.1 Å². The second-order valence-corrected chi connectivity index (χ2v) is 5.79. The number of nitrogens with zero attached hydrogens (tertiary/aromatic N) is 1. The smallest absolute Gasteiger partial charge is 0.119 e. The molecule has 0 N–H and O–H groups in total. The molecule has 2 aromatic rings. The molecule has 1 aromatic heterocycles. The van der Waals surface area contributed by atoms with Crippen LogP contribution in [0.3, 0.4) is 0 Å². The number of benzene rings is 1. The van der Waals surface area contributed by atoms with Crippen molar-refractivity contribution in [3.05, 3.63) is 53.9 Å². The van der Waals surface area contributed by atoms with E-state index >= 15 is 0 Å². The SMILES string of the molecule is COc1cccc(SC(C)C#Cc2cccc(C)n2)c1. The zero-order chi connectivity index (χ0) is 14.4. The van der Waals surface area contributed by atoms with Crippen LogP contribution < -0.4 is 4.74 Å². The third kappa shape index (κ3) is 4.32. The van der Waals surface area contributed by atoms with Gasteiger partial charge in [0.15, 0.2) is 0 Å². The second kappa shape index (κ2) is 7.02. The summed E-state index contributed by atoms with van der Waals surface area (Å²) >= 11 is 1.72. The first-order chi connectivity index (χ1) is 9.67.